The van der Waals surface area contributed by atoms with Gasteiger partial charge in [0.25, 0.3) is 0 Å². The molecule has 1 aliphatic rings. The van der Waals surface area contributed by atoms with E-state index in [2.05, 4.69) is 21.0 Å². The highest BCUT2D eigenvalue weighted by atomic mass is 35.5. The van der Waals surface area contributed by atoms with Crippen molar-refractivity contribution in [2.24, 2.45) is 0 Å². The Balaban J connectivity index is 1.22. The lowest BCUT2D eigenvalue weighted by atomic mass is 10.2. The number of nitrogens with zero attached hydrogens (tertiary/aromatic N) is 5. The number of fused-ring (bicyclic) bond motifs is 1. The fraction of sp³-hybridized carbons (Fsp3) is 0.400. The SMILES string of the molecule is O=c1n(CCCCN2CCN(c3cccc(Cl)c3)CC2)nc2ccccn12. The third-order valence-electron chi connectivity index (χ3n) is 5.13. The van der Waals surface area contributed by atoms with Crippen molar-refractivity contribution in [3.05, 3.63) is 64.2 Å². The van der Waals surface area contributed by atoms with Gasteiger partial charge in [0.2, 0.25) is 0 Å². The summed E-state index contributed by atoms with van der Waals surface area (Å²) in [4.78, 5) is 17.1. The molecule has 1 aliphatic heterocycles. The first-order valence-electron chi connectivity index (χ1n) is 9.48. The fourth-order valence-electron chi connectivity index (χ4n) is 3.61. The van der Waals surface area contributed by atoms with E-state index in [0.717, 1.165) is 50.6 Å². The van der Waals surface area contributed by atoms with Crippen LogP contribution in [-0.2, 0) is 6.54 Å². The van der Waals surface area contributed by atoms with Crippen molar-refractivity contribution in [1.82, 2.24) is 19.1 Å². The molecular formula is C20H24ClN5O. The number of aromatic nitrogens is 3. The Morgan fingerprint density at radius 3 is 2.56 bits per heavy atom. The Morgan fingerprint density at radius 2 is 1.78 bits per heavy atom. The van der Waals surface area contributed by atoms with Crippen LogP contribution in [0.4, 0.5) is 5.69 Å². The second kappa shape index (κ2) is 8.15. The number of pyridine rings is 1. The summed E-state index contributed by atoms with van der Waals surface area (Å²) in [6.45, 7) is 5.88. The van der Waals surface area contributed by atoms with Crippen LogP contribution >= 0.6 is 11.6 Å². The number of unbranched alkanes of at least 4 members (excludes halogenated alkanes) is 1. The minimum Gasteiger partial charge on any atom is -0.369 e. The van der Waals surface area contributed by atoms with Crippen LogP contribution in [0.3, 0.4) is 0 Å². The average Bonchev–Trinajstić information content (AvgIpc) is 3.02. The summed E-state index contributed by atoms with van der Waals surface area (Å²) in [7, 11) is 0. The van der Waals surface area contributed by atoms with Crippen LogP contribution in [0.1, 0.15) is 12.8 Å². The smallest absolute Gasteiger partial charge is 0.350 e. The van der Waals surface area contributed by atoms with E-state index >= 15 is 0 Å². The summed E-state index contributed by atoms with van der Waals surface area (Å²) in [5, 5.41) is 5.17. The molecule has 7 heteroatoms. The molecule has 0 N–H and O–H groups in total. The predicted octanol–water partition coefficient (Wildman–Crippen LogP) is 2.75. The third-order valence-corrected chi connectivity index (χ3v) is 5.36. The van der Waals surface area contributed by atoms with Crippen LogP contribution in [0, 0.1) is 0 Å². The number of rotatable bonds is 6. The lowest BCUT2D eigenvalue weighted by Crippen LogP contribution is -2.46. The summed E-state index contributed by atoms with van der Waals surface area (Å²) in [5.74, 6) is 0. The lowest BCUT2D eigenvalue weighted by Gasteiger charge is -2.36. The van der Waals surface area contributed by atoms with E-state index in [4.69, 9.17) is 11.6 Å². The summed E-state index contributed by atoms with van der Waals surface area (Å²) in [6, 6.07) is 13.7. The first-order chi connectivity index (χ1) is 13.2. The standard InChI is InChI=1S/C20H24ClN5O/c21-17-6-5-7-18(16-17)24-14-12-23(13-15-24)9-3-4-11-26-20(27)25-10-2-1-8-19(25)22-26/h1-2,5-8,10,16H,3-4,9,11-15H2. The van der Waals surface area contributed by atoms with Gasteiger partial charge in [0, 0.05) is 49.6 Å². The van der Waals surface area contributed by atoms with Crippen molar-refractivity contribution >= 4 is 22.9 Å². The molecule has 4 rings (SSSR count). The van der Waals surface area contributed by atoms with Crippen molar-refractivity contribution in [2.75, 3.05) is 37.6 Å². The molecule has 1 aromatic carbocycles. The van der Waals surface area contributed by atoms with Crippen molar-refractivity contribution in [1.29, 1.82) is 0 Å². The van der Waals surface area contributed by atoms with Gasteiger partial charge >= 0.3 is 5.69 Å². The topological polar surface area (TPSA) is 45.8 Å². The summed E-state index contributed by atoms with van der Waals surface area (Å²) >= 11 is 6.10. The van der Waals surface area contributed by atoms with Crippen molar-refractivity contribution in [2.45, 2.75) is 19.4 Å². The van der Waals surface area contributed by atoms with Gasteiger partial charge in [0.05, 0.1) is 0 Å². The van der Waals surface area contributed by atoms with Gasteiger partial charge in [0.1, 0.15) is 0 Å². The summed E-state index contributed by atoms with van der Waals surface area (Å²) in [6.07, 6.45) is 3.79. The van der Waals surface area contributed by atoms with E-state index < -0.39 is 0 Å². The summed E-state index contributed by atoms with van der Waals surface area (Å²) in [5.41, 5.74) is 1.86. The van der Waals surface area contributed by atoms with Gasteiger partial charge in [-0.2, -0.15) is 0 Å². The summed E-state index contributed by atoms with van der Waals surface area (Å²) < 4.78 is 3.17. The molecule has 0 aliphatic carbocycles. The van der Waals surface area contributed by atoms with E-state index in [0.29, 0.717) is 12.2 Å². The second-order valence-corrected chi connectivity index (χ2v) is 7.39. The molecular weight excluding hydrogens is 362 g/mol. The molecule has 142 valence electrons. The molecule has 1 saturated heterocycles. The fourth-order valence-corrected chi connectivity index (χ4v) is 3.80. The zero-order valence-electron chi connectivity index (χ0n) is 15.3. The number of piperazine rings is 1. The zero-order chi connectivity index (χ0) is 18.6. The van der Waals surface area contributed by atoms with Gasteiger partial charge in [-0.05, 0) is 49.7 Å². The molecule has 3 aromatic rings. The molecule has 0 saturated carbocycles. The minimum atomic E-state index is -0.0549. The number of benzene rings is 1. The first kappa shape index (κ1) is 18.1. The highest BCUT2D eigenvalue weighted by molar-refractivity contribution is 6.30. The molecule has 0 atom stereocenters. The monoisotopic (exact) mass is 385 g/mol. The van der Waals surface area contributed by atoms with Crippen molar-refractivity contribution in [3.8, 4) is 0 Å². The molecule has 6 nitrogen and oxygen atoms in total. The molecule has 0 amide bonds. The van der Waals surface area contributed by atoms with Crippen molar-refractivity contribution < 1.29 is 0 Å². The van der Waals surface area contributed by atoms with Crippen molar-refractivity contribution in [3.63, 3.8) is 0 Å². The van der Waals surface area contributed by atoms with Crippen LogP contribution in [0.15, 0.2) is 53.5 Å². The number of halogens is 1. The zero-order valence-corrected chi connectivity index (χ0v) is 16.1. The van der Waals surface area contributed by atoms with Gasteiger partial charge in [-0.15, -0.1) is 5.10 Å². The Kier molecular flexibility index (Phi) is 5.45. The number of aryl methyl sites for hydroxylation is 1. The Morgan fingerprint density at radius 1 is 0.963 bits per heavy atom. The Hall–Kier alpha value is -2.31. The highest BCUT2D eigenvalue weighted by Gasteiger charge is 2.17. The van der Waals surface area contributed by atoms with Crippen LogP contribution in [0.5, 0.6) is 0 Å². The molecule has 0 unspecified atom stereocenters. The molecule has 0 radical (unpaired) electrons. The van der Waals surface area contributed by atoms with Crippen LogP contribution < -0.4 is 10.6 Å². The predicted molar refractivity (Wildman–Crippen MR) is 109 cm³/mol. The van der Waals surface area contributed by atoms with Gasteiger partial charge in [0.15, 0.2) is 5.65 Å². The molecule has 2 aromatic heterocycles. The van der Waals surface area contributed by atoms with Crippen LogP contribution in [0.2, 0.25) is 5.02 Å². The van der Waals surface area contributed by atoms with E-state index in [1.165, 1.54) is 5.69 Å². The lowest BCUT2D eigenvalue weighted by molar-refractivity contribution is 0.250. The molecule has 0 spiro atoms. The van der Waals surface area contributed by atoms with E-state index in [1.807, 2.05) is 36.4 Å². The van der Waals surface area contributed by atoms with E-state index in [1.54, 1.807) is 15.3 Å². The maximum absolute atomic E-state index is 12.3. The third kappa shape index (κ3) is 4.17. The molecule has 27 heavy (non-hydrogen) atoms. The quantitative estimate of drug-likeness (QED) is 0.612. The number of hydrogen-bond acceptors (Lipinski definition) is 4. The highest BCUT2D eigenvalue weighted by Crippen LogP contribution is 2.20. The Labute approximate surface area is 163 Å². The van der Waals surface area contributed by atoms with Gasteiger partial charge in [-0.1, -0.05) is 23.7 Å². The Bertz CT molecular complexity index is 958. The van der Waals surface area contributed by atoms with E-state index in [-0.39, 0.29) is 5.69 Å². The minimum absolute atomic E-state index is 0.0549. The van der Waals surface area contributed by atoms with Crippen LogP contribution in [-0.4, -0.2) is 51.8 Å². The van der Waals surface area contributed by atoms with Gasteiger partial charge in [-0.3, -0.25) is 9.30 Å². The molecule has 0 bridgehead atoms. The largest absolute Gasteiger partial charge is 0.369 e. The second-order valence-electron chi connectivity index (χ2n) is 6.95. The normalized spacial score (nSPS) is 15.5. The van der Waals surface area contributed by atoms with Gasteiger partial charge < -0.3 is 4.90 Å². The maximum atomic E-state index is 12.3. The number of anilines is 1. The average molecular weight is 386 g/mol. The van der Waals surface area contributed by atoms with Crippen LogP contribution in [0.25, 0.3) is 5.65 Å². The molecule has 1 fully saturated rings. The first-order valence-corrected chi connectivity index (χ1v) is 9.85. The number of hydrogen-bond donors (Lipinski definition) is 0. The molecule has 3 heterocycles. The maximum Gasteiger partial charge on any atom is 0.350 e. The van der Waals surface area contributed by atoms with E-state index in [9.17, 15) is 4.79 Å². The van der Waals surface area contributed by atoms with Gasteiger partial charge in [-0.25, -0.2) is 9.48 Å².